The summed E-state index contributed by atoms with van der Waals surface area (Å²) < 4.78 is 17.7. The number of ether oxygens (including phenoxy) is 1. The standard InChI is InChI=1S/C17H24BNO4/c1-15(2)16(3,4)23-18(22-15)11-8-9-12-13(10-11)19(6)14(20)17(12,5)21-7/h8-10H,1-7H3. The van der Waals surface area contributed by atoms with E-state index in [1.807, 2.05) is 45.9 Å². The largest absolute Gasteiger partial charge is 0.494 e. The summed E-state index contributed by atoms with van der Waals surface area (Å²) in [4.78, 5) is 14.1. The Morgan fingerprint density at radius 2 is 1.65 bits per heavy atom. The van der Waals surface area contributed by atoms with Gasteiger partial charge >= 0.3 is 7.12 Å². The van der Waals surface area contributed by atoms with Crippen LogP contribution in [0.1, 0.15) is 40.2 Å². The third kappa shape index (κ3) is 2.16. The monoisotopic (exact) mass is 317 g/mol. The van der Waals surface area contributed by atoms with Gasteiger partial charge in [-0.05, 0) is 46.1 Å². The highest BCUT2D eigenvalue weighted by molar-refractivity contribution is 6.62. The number of fused-ring (bicyclic) bond motifs is 1. The molecular weight excluding hydrogens is 293 g/mol. The van der Waals surface area contributed by atoms with Crippen LogP contribution < -0.4 is 10.4 Å². The lowest BCUT2D eigenvalue weighted by molar-refractivity contribution is -0.137. The second-order valence-corrected chi connectivity index (χ2v) is 7.47. The molecule has 0 N–H and O–H groups in total. The average Bonchev–Trinajstić information content (AvgIpc) is 2.82. The molecule has 6 heteroatoms. The van der Waals surface area contributed by atoms with E-state index in [1.165, 1.54) is 0 Å². The first-order valence-electron chi connectivity index (χ1n) is 7.87. The van der Waals surface area contributed by atoms with E-state index in [4.69, 9.17) is 14.0 Å². The number of amides is 1. The van der Waals surface area contributed by atoms with Crippen LogP contribution in [0.25, 0.3) is 0 Å². The van der Waals surface area contributed by atoms with Crippen molar-refractivity contribution in [2.24, 2.45) is 0 Å². The lowest BCUT2D eigenvalue weighted by Crippen LogP contribution is -2.41. The number of nitrogens with zero attached hydrogens (tertiary/aromatic N) is 1. The molecule has 2 aliphatic heterocycles. The van der Waals surface area contributed by atoms with Crippen molar-refractivity contribution in [3.8, 4) is 0 Å². The second-order valence-electron chi connectivity index (χ2n) is 7.47. The normalized spacial score (nSPS) is 28.4. The maximum absolute atomic E-state index is 12.5. The number of hydrogen-bond acceptors (Lipinski definition) is 4. The molecule has 0 aromatic heterocycles. The molecule has 1 fully saturated rings. The Labute approximate surface area is 138 Å². The number of carbonyl (C=O) groups excluding carboxylic acids is 1. The highest BCUT2D eigenvalue weighted by atomic mass is 16.7. The average molecular weight is 317 g/mol. The number of anilines is 1. The molecule has 5 nitrogen and oxygen atoms in total. The van der Waals surface area contributed by atoms with E-state index < -0.39 is 12.7 Å². The van der Waals surface area contributed by atoms with Crippen molar-refractivity contribution in [2.75, 3.05) is 19.1 Å². The molecular formula is C17H24BNO4. The molecule has 1 aromatic carbocycles. The maximum Gasteiger partial charge on any atom is 0.494 e. The van der Waals surface area contributed by atoms with Crippen LogP contribution in [0.3, 0.4) is 0 Å². The predicted molar refractivity (Wildman–Crippen MR) is 89.9 cm³/mol. The number of hydrogen-bond donors (Lipinski definition) is 0. The minimum Gasteiger partial charge on any atom is -0.399 e. The highest BCUT2D eigenvalue weighted by Gasteiger charge is 2.53. The van der Waals surface area contributed by atoms with Crippen LogP contribution in [0.2, 0.25) is 0 Å². The number of likely N-dealkylation sites (N-methyl/N-ethyl adjacent to an activating group) is 1. The van der Waals surface area contributed by atoms with Gasteiger partial charge in [0, 0.05) is 25.4 Å². The van der Waals surface area contributed by atoms with Gasteiger partial charge < -0.3 is 18.9 Å². The van der Waals surface area contributed by atoms with E-state index in [1.54, 1.807) is 26.0 Å². The predicted octanol–water partition coefficient (Wildman–Crippen LogP) is 1.82. The fourth-order valence-corrected chi connectivity index (χ4v) is 3.10. The van der Waals surface area contributed by atoms with Crippen LogP contribution in [0.15, 0.2) is 18.2 Å². The minimum atomic E-state index is -0.932. The molecule has 1 amide bonds. The number of methoxy groups -OCH3 is 1. The quantitative estimate of drug-likeness (QED) is 0.781. The zero-order valence-electron chi connectivity index (χ0n) is 14.9. The van der Waals surface area contributed by atoms with Gasteiger partial charge in [-0.25, -0.2) is 0 Å². The molecule has 124 valence electrons. The molecule has 2 aliphatic rings. The smallest absolute Gasteiger partial charge is 0.399 e. The molecule has 2 heterocycles. The zero-order valence-corrected chi connectivity index (χ0v) is 14.9. The maximum atomic E-state index is 12.5. The van der Waals surface area contributed by atoms with Crippen molar-refractivity contribution < 1.29 is 18.8 Å². The van der Waals surface area contributed by atoms with E-state index >= 15 is 0 Å². The third-order valence-electron chi connectivity index (χ3n) is 5.54. The zero-order chi connectivity index (χ0) is 17.2. The van der Waals surface area contributed by atoms with Crippen LogP contribution >= 0.6 is 0 Å². The topological polar surface area (TPSA) is 48.0 Å². The molecule has 1 atom stereocenters. The first kappa shape index (κ1) is 16.5. The van der Waals surface area contributed by atoms with Gasteiger partial charge in [0.05, 0.1) is 11.2 Å². The fourth-order valence-electron chi connectivity index (χ4n) is 3.10. The van der Waals surface area contributed by atoms with Crippen molar-refractivity contribution in [3.63, 3.8) is 0 Å². The molecule has 1 aromatic rings. The molecule has 0 saturated carbocycles. The van der Waals surface area contributed by atoms with E-state index in [2.05, 4.69) is 0 Å². The van der Waals surface area contributed by atoms with Gasteiger partial charge in [0.25, 0.3) is 5.91 Å². The number of benzene rings is 1. The Kier molecular flexibility index (Phi) is 3.45. The van der Waals surface area contributed by atoms with Crippen LogP contribution in [-0.4, -0.2) is 38.4 Å². The summed E-state index contributed by atoms with van der Waals surface area (Å²) in [6, 6.07) is 5.84. The molecule has 3 rings (SSSR count). The summed E-state index contributed by atoms with van der Waals surface area (Å²) >= 11 is 0. The Bertz CT molecular complexity index is 657. The van der Waals surface area contributed by atoms with E-state index in [0.29, 0.717) is 0 Å². The van der Waals surface area contributed by atoms with Gasteiger partial charge in [-0.2, -0.15) is 0 Å². The third-order valence-corrected chi connectivity index (χ3v) is 5.54. The van der Waals surface area contributed by atoms with E-state index in [-0.39, 0.29) is 17.1 Å². The Hall–Kier alpha value is -1.37. The molecule has 1 unspecified atom stereocenters. The second kappa shape index (κ2) is 4.82. The summed E-state index contributed by atoms with van der Waals surface area (Å²) in [5.41, 5.74) is 0.902. The van der Waals surface area contributed by atoms with Crippen molar-refractivity contribution in [2.45, 2.75) is 51.4 Å². The molecule has 1 saturated heterocycles. The number of carbonyl (C=O) groups is 1. The summed E-state index contributed by atoms with van der Waals surface area (Å²) in [7, 11) is 2.88. The van der Waals surface area contributed by atoms with E-state index in [9.17, 15) is 4.79 Å². The lowest BCUT2D eigenvalue weighted by Gasteiger charge is -2.32. The molecule has 0 radical (unpaired) electrons. The van der Waals surface area contributed by atoms with Gasteiger partial charge in [0.15, 0.2) is 5.60 Å². The molecule has 0 spiro atoms. The SMILES string of the molecule is COC1(C)C(=O)N(C)c2cc(B3OC(C)(C)C(C)(C)O3)ccc21. The van der Waals surface area contributed by atoms with Gasteiger partial charge in [-0.3, -0.25) is 4.79 Å². The lowest BCUT2D eigenvalue weighted by atomic mass is 9.78. The molecule has 0 bridgehead atoms. The van der Waals surface area contributed by atoms with Crippen molar-refractivity contribution in [1.29, 1.82) is 0 Å². The molecule has 0 aliphatic carbocycles. The fraction of sp³-hybridized carbons (Fsp3) is 0.588. The Morgan fingerprint density at radius 1 is 1.09 bits per heavy atom. The first-order chi connectivity index (χ1) is 10.5. The highest BCUT2D eigenvalue weighted by Crippen LogP contribution is 2.42. The van der Waals surface area contributed by atoms with E-state index in [0.717, 1.165) is 16.7 Å². The summed E-state index contributed by atoms with van der Waals surface area (Å²) in [5, 5.41) is 0. The van der Waals surface area contributed by atoms with Gasteiger partial charge in [0.2, 0.25) is 0 Å². The van der Waals surface area contributed by atoms with Crippen molar-refractivity contribution in [3.05, 3.63) is 23.8 Å². The number of rotatable bonds is 2. The van der Waals surface area contributed by atoms with Crippen LogP contribution in [-0.2, 0) is 24.4 Å². The van der Waals surface area contributed by atoms with Crippen molar-refractivity contribution in [1.82, 2.24) is 0 Å². The van der Waals surface area contributed by atoms with Crippen LogP contribution in [0, 0.1) is 0 Å². The Morgan fingerprint density at radius 3 is 2.17 bits per heavy atom. The van der Waals surface area contributed by atoms with Crippen LogP contribution in [0.5, 0.6) is 0 Å². The minimum absolute atomic E-state index is 0.0685. The van der Waals surface area contributed by atoms with Gasteiger partial charge in [-0.15, -0.1) is 0 Å². The molecule has 23 heavy (non-hydrogen) atoms. The summed E-state index contributed by atoms with van der Waals surface area (Å²) in [6.45, 7) is 9.90. The van der Waals surface area contributed by atoms with Gasteiger partial charge in [-0.1, -0.05) is 12.1 Å². The van der Waals surface area contributed by atoms with Gasteiger partial charge in [0.1, 0.15) is 0 Å². The summed E-state index contributed by atoms with van der Waals surface area (Å²) in [6.07, 6.45) is 0. The summed E-state index contributed by atoms with van der Waals surface area (Å²) in [5.74, 6) is -0.0685. The van der Waals surface area contributed by atoms with Crippen LogP contribution in [0.4, 0.5) is 5.69 Å². The van der Waals surface area contributed by atoms with Crippen molar-refractivity contribution >= 4 is 24.2 Å². The first-order valence-corrected chi connectivity index (χ1v) is 7.87. The Balaban J connectivity index is 2.00.